The minimum atomic E-state index is 0.0442. The molecule has 4 aliphatic heterocycles. The Hall–Kier alpha value is -7.49. The van der Waals surface area contributed by atoms with E-state index in [-0.39, 0.29) is 13.4 Å². The standard InChI is InChI=1S/C54H31B2N3/c1-3-13-32(14-4-1)33-23-24-37-39-26-25-38-35-17-7-9-19-41(35)55-43-30-49-44(31-50(43)59(48(37)29-33)53(39)51(38)55)56-42-20-10-12-22-46(42)57(34-15-5-2-6-16-34)47-28-27-40-36-18-8-11-21-45(36)58(49)54(40)52(47)56/h1-31H. The molecule has 5 heteroatoms. The summed E-state index contributed by atoms with van der Waals surface area (Å²) in [4.78, 5) is 2.49. The molecule has 268 valence electrons. The van der Waals surface area contributed by atoms with Gasteiger partial charge in [0.1, 0.15) is 0 Å². The van der Waals surface area contributed by atoms with Gasteiger partial charge in [-0.3, -0.25) is 0 Å². The van der Waals surface area contributed by atoms with E-state index in [1.165, 1.54) is 127 Å². The highest BCUT2D eigenvalue weighted by atomic mass is 15.2. The van der Waals surface area contributed by atoms with Crippen molar-refractivity contribution in [3.8, 4) is 33.6 Å². The highest BCUT2D eigenvalue weighted by Gasteiger charge is 2.46. The van der Waals surface area contributed by atoms with E-state index in [9.17, 15) is 0 Å². The summed E-state index contributed by atoms with van der Waals surface area (Å²) in [5, 5.41) is 5.23. The molecule has 0 saturated carbocycles. The maximum Gasteiger partial charge on any atom is 0.252 e. The van der Waals surface area contributed by atoms with E-state index < -0.39 is 0 Å². The lowest BCUT2D eigenvalue weighted by atomic mass is 9.32. The smallest absolute Gasteiger partial charge is 0.252 e. The summed E-state index contributed by atoms with van der Waals surface area (Å²) in [6, 6.07) is 70.9. The summed E-state index contributed by atoms with van der Waals surface area (Å²) < 4.78 is 5.26. The molecular formula is C54H31B2N3. The third kappa shape index (κ3) is 3.65. The zero-order valence-electron chi connectivity index (χ0n) is 31.9. The van der Waals surface area contributed by atoms with Gasteiger partial charge in [0.25, 0.3) is 6.71 Å². The number of rotatable bonds is 2. The van der Waals surface area contributed by atoms with Gasteiger partial charge < -0.3 is 14.0 Å². The third-order valence-corrected chi connectivity index (χ3v) is 14.1. The van der Waals surface area contributed by atoms with Crippen LogP contribution in [-0.2, 0) is 0 Å². The van der Waals surface area contributed by atoms with Crippen molar-refractivity contribution in [1.29, 1.82) is 0 Å². The third-order valence-electron chi connectivity index (χ3n) is 14.1. The Bertz CT molecular complexity index is 3690. The fourth-order valence-electron chi connectivity index (χ4n) is 11.9. The molecule has 6 heterocycles. The minimum Gasteiger partial charge on any atom is -0.311 e. The molecule has 0 N–H and O–H groups in total. The van der Waals surface area contributed by atoms with E-state index in [0.717, 1.165) is 0 Å². The molecule has 9 aromatic carbocycles. The van der Waals surface area contributed by atoms with Gasteiger partial charge in [0.15, 0.2) is 0 Å². The molecule has 0 unspecified atom stereocenters. The lowest BCUT2D eigenvalue weighted by Gasteiger charge is -2.40. The number of fused-ring (bicyclic) bond motifs is 17. The van der Waals surface area contributed by atoms with Crippen molar-refractivity contribution in [2.45, 2.75) is 0 Å². The summed E-state index contributed by atoms with van der Waals surface area (Å²) in [5.74, 6) is 0. The average molecular weight is 743 g/mol. The van der Waals surface area contributed by atoms with Crippen LogP contribution < -0.4 is 37.7 Å². The fraction of sp³-hybridized carbons (Fsp3) is 0. The van der Waals surface area contributed by atoms with Crippen LogP contribution in [0.3, 0.4) is 0 Å². The highest BCUT2D eigenvalue weighted by Crippen LogP contribution is 2.44. The zero-order chi connectivity index (χ0) is 38.1. The van der Waals surface area contributed by atoms with Crippen LogP contribution >= 0.6 is 0 Å². The number of anilines is 3. The average Bonchev–Trinajstić information content (AvgIpc) is 3.94. The van der Waals surface area contributed by atoms with Crippen LogP contribution in [0.4, 0.5) is 17.1 Å². The predicted molar refractivity (Wildman–Crippen MR) is 250 cm³/mol. The van der Waals surface area contributed by atoms with Crippen molar-refractivity contribution in [3.05, 3.63) is 188 Å². The quantitative estimate of drug-likeness (QED) is 0.161. The van der Waals surface area contributed by atoms with E-state index in [4.69, 9.17) is 0 Å². The van der Waals surface area contributed by atoms with Gasteiger partial charge in [0, 0.05) is 55.5 Å². The highest BCUT2D eigenvalue weighted by molar-refractivity contribution is 7.03. The molecule has 0 bridgehead atoms. The number of aromatic nitrogens is 2. The van der Waals surface area contributed by atoms with Crippen molar-refractivity contribution in [2.24, 2.45) is 0 Å². The summed E-state index contributed by atoms with van der Waals surface area (Å²) in [5.41, 5.74) is 24.9. The molecule has 0 atom stereocenters. The lowest BCUT2D eigenvalue weighted by molar-refractivity contribution is 1.16. The van der Waals surface area contributed by atoms with Crippen molar-refractivity contribution >= 4 is 107 Å². The Morgan fingerprint density at radius 3 is 1.76 bits per heavy atom. The molecule has 2 aromatic heterocycles. The second-order valence-corrected chi connectivity index (χ2v) is 16.8. The molecule has 0 aliphatic carbocycles. The molecule has 0 radical (unpaired) electrons. The van der Waals surface area contributed by atoms with Crippen LogP contribution in [-0.4, -0.2) is 22.6 Å². The van der Waals surface area contributed by atoms with Crippen LogP contribution in [0.2, 0.25) is 0 Å². The molecule has 0 spiro atoms. The van der Waals surface area contributed by atoms with Crippen molar-refractivity contribution in [2.75, 3.05) is 4.90 Å². The summed E-state index contributed by atoms with van der Waals surface area (Å²) in [7, 11) is 0. The Balaban J connectivity index is 1.12. The van der Waals surface area contributed by atoms with Crippen LogP contribution in [0.5, 0.6) is 0 Å². The SMILES string of the molecule is c1ccc(-c2ccc3c4ccc5c6c4n(c3c2)-c2cc3c(cc2B6c2ccccc2-5)-n2c4ccccc4c4ccc5c(c42)B3c2ccccc2N5c2ccccc2)cc1. The van der Waals surface area contributed by atoms with E-state index in [2.05, 4.69) is 202 Å². The lowest BCUT2D eigenvalue weighted by Crippen LogP contribution is -2.61. The van der Waals surface area contributed by atoms with Gasteiger partial charge >= 0.3 is 0 Å². The maximum absolute atomic E-state index is 2.64. The molecule has 0 fully saturated rings. The number of para-hydroxylation sites is 3. The molecular weight excluding hydrogens is 712 g/mol. The largest absolute Gasteiger partial charge is 0.311 e. The van der Waals surface area contributed by atoms with Gasteiger partial charge in [-0.05, 0) is 98.1 Å². The Morgan fingerprint density at radius 1 is 0.322 bits per heavy atom. The van der Waals surface area contributed by atoms with Gasteiger partial charge in [-0.25, -0.2) is 0 Å². The van der Waals surface area contributed by atoms with Crippen molar-refractivity contribution in [3.63, 3.8) is 0 Å². The summed E-state index contributed by atoms with van der Waals surface area (Å²) >= 11 is 0. The molecule has 0 amide bonds. The zero-order valence-corrected chi connectivity index (χ0v) is 31.9. The van der Waals surface area contributed by atoms with Crippen LogP contribution in [0, 0.1) is 0 Å². The van der Waals surface area contributed by atoms with Crippen LogP contribution in [0.1, 0.15) is 0 Å². The minimum absolute atomic E-state index is 0.0442. The predicted octanol–water partition coefficient (Wildman–Crippen LogP) is 8.97. The number of hydrogen-bond donors (Lipinski definition) is 0. The fourth-order valence-corrected chi connectivity index (χ4v) is 11.9. The maximum atomic E-state index is 2.64. The topological polar surface area (TPSA) is 13.1 Å². The van der Waals surface area contributed by atoms with Gasteiger partial charge in [0.05, 0.1) is 16.6 Å². The van der Waals surface area contributed by atoms with Gasteiger partial charge in [-0.15, -0.1) is 0 Å². The van der Waals surface area contributed by atoms with Crippen LogP contribution in [0.15, 0.2) is 188 Å². The van der Waals surface area contributed by atoms with Gasteiger partial charge in [0.2, 0.25) is 6.71 Å². The molecule has 0 saturated heterocycles. The first-order valence-electron chi connectivity index (χ1n) is 20.8. The summed E-state index contributed by atoms with van der Waals surface area (Å²) in [6.45, 7) is 0.177. The molecule has 11 aromatic rings. The number of hydrogen-bond acceptors (Lipinski definition) is 1. The first kappa shape index (κ1) is 30.6. The number of nitrogens with zero attached hydrogens (tertiary/aromatic N) is 3. The Labute approximate surface area is 341 Å². The first-order valence-corrected chi connectivity index (χ1v) is 20.8. The van der Waals surface area contributed by atoms with E-state index in [0.29, 0.717) is 0 Å². The molecule has 59 heavy (non-hydrogen) atoms. The van der Waals surface area contributed by atoms with Crippen molar-refractivity contribution < 1.29 is 0 Å². The van der Waals surface area contributed by atoms with Gasteiger partial charge in [-0.2, -0.15) is 0 Å². The molecule has 4 aliphatic rings. The monoisotopic (exact) mass is 743 g/mol. The van der Waals surface area contributed by atoms with E-state index >= 15 is 0 Å². The van der Waals surface area contributed by atoms with E-state index in [1.807, 2.05) is 0 Å². The summed E-state index contributed by atoms with van der Waals surface area (Å²) in [6.07, 6.45) is 0. The second-order valence-electron chi connectivity index (χ2n) is 16.8. The molecule has 15 rings (SSSR count). The Morgan fingerprint density at radius 2 is 0.932 bits per heavy atom. The first-order chi connectivity index (χ1) is 29.3. The second kappa shape index (κ2) is 10.7. The number of benzene rings is 9. The Kier molecular flexibility index (Phi) is 5.56. The normalized spacial score (nSPS) is 13.7. The van der Waals surface area contributed by atoms with Crippen LogP contribution in [0.25, 0.3) is 77.2 Å². The molecule has 3 nitrogen and oxygen atoms in total. The van der Waals surface area contributed by atoms with Crippen molar-refractivity contribution in [1.82, 2.24) is 9.13 Å². The van der Waals surface area contributed by atoms with E-state index in [1.54, 1.807) is 0 Å². The van der Waals surface area contributed by atoms with Gasteiger partial charge in [-0.1, -0.05) is 145 Å².